The van der Waals surface area contributed by atoms with E-state index in [2.05, 4.69) is 38.3 Å². The predicted octanol–water partition coefficient (Wildman–Crippen LogP) is 6.01. The second-order valence-corrected chi connectivity index (χ2v) is 8.26. The summed E-state index contributed by atoms with van der Waals surface area (Å²) < 4.78 is 4.88. The minimum absolute atomic E-state index is 0.0697. The molecule has 0 fully saturated rings. The third kappa shape index (κ3) is 14.5. The number of amides is 1. The average molecular weight is 413 g/mol. The van der Waals surface area contributed by atoms with E-state index in [9.17, 15) is 9.59 Å². The van der Waals surface area contributed by atoms with E-state index in [0.717, 1.165) is 44.9 Å². The van der Waals surface area contributed by atoms with E-state index in [-0.39, 0.29) is 18.1 Å². The van der Waals surface area contributed by atoms with Crippen LogP contribution in [0.4, 0.5) is 4.79 Å². The fourth-order valence-corrected chi connectivity index (χ4v) is 3.76. The summed E-state index contributed by atoms with van der Waals surface area (Å²) in [7, 11) is 0. The van der Waals surface area contributed by atoms with Gasteiger partial charge in [0.2, 0.25) is 0 Å². The Labute approximate surface area is 180 Å². The number of rotatable bonds is 19. The number of ketones is 1. The highest BCUT2D eigenvalue weighted by atomic mass is 16.5. The highest BCUT2D eigenvalue weighted by molar-refractivity contribution is 5.86. The first-order chi connectivity index (χ1) is 14.0. The van der Waals surface area contributed by atoms with Crippen molar-refractivity contribution in [1.29, 1.82) is 0 Å². The van der Waals surface area contributed by atoms with Crippen molar-refractivity contribution in [2.24, 2.45) is 5.92 Å². The molecule has 0 rings (SSSR count). The molecule has 0 aromatic carbocycles. The summed E-state index contributed by atoms with van der Waals surface area (Å²) in [5, 5.41) is 6.45. The van der Waals surface area contributed by atoms with Gasteiger partial charge in [0.05, 0.1) is 12.6 Å². The third-order valence-electron chi connectivity index (χ3n) is 5.60. The molecule has 5 nitrogen and oxygen atoms in total. The molecule has 0 saturated heterocycles. The fraction of sp³-hybridized carbons (Fsp3) is 0.917. The zero-order chi connectivity index (χ0) is 21.9. The topological polar surface area (TPSA) is 67.4 Å². The van der Waals surface area contributed by atoms with E-state index in [1.807, 2.05) is 0 Å². The maximum absolute atomic E-state index is 13.0. The fourth-order valence-electron chi connectivity index (χ4n) is 3.76. The summed E-state index contributed by atoms with van der Waals surface area (Å²) in [4.78, 5) is 24.4. The Balaban J connectivity index is 4.54. The van der Waals surface area contributed by atoms with Crippen molar-refractivity contribution in [2.45, 2.75) is 124 Å². The maximum atomic E-state index is 13.0. The summed E-state index contributed by atoms with van der Waals surface area (Å²) in [6.07, 6.45) is 12.9. The molecule has 0 aromatic rings. The molecule has 0 aliphatic rings. The number of carbonyl (C=O) groups is 2. The number of alkyl carbamates (subject to hydrolysis) is 1. The summed E-state index contributed by atoms with van der Waals surface area (Å²) in [5.41, 5.74) is 0. The van der Waals surface area contributed by atoms with E-state index in [1.54, 1.807) is 6.92 Å². The molecule has 0 heterocycles. The van der Waals surface area contributed by atoms with Crippen molar-refractivity contribution in [2.75, 3.05) is 13.2 Å². The van der Waals surface area contributed by atoms with Gasteiger partial charge in [-0.2, -0.15) is 0 Å². The average Bonchev–Trinajstić information content (AvgIpc) is 2.71. The van der Waals surface area contributed by atoms with Crippen LogP contribution in [0.5, 0.6) is 0 Å². The Hall–Kier alpha value is -1.10. The summed E-state index contributed by atoms with van der Waals surface area (Å²) >= 11 is 0. The molecule has 0 spiro atoms. The lowest BCUT2D eigenvalue weighted by molar-refractivity contribution is -0.125. The summed E-state index contributed by atoms with van der Waals surface area (Å²) in [5.74, 6) is 0.465. The molecule has 29 heavy (non-hydrogen) atoms. The summed E-state index contributed by atoms with van der Waals surface area (Å²) in [6.45, 7) is 11.4. The van der Waals surface area contributed by atoms with Gasteiger partial charge in [-0.15, -0.1) is 0 Å². The van der Waals surface area contributed by atoms with Crippen molar-refractivity contribution in [3.05, 3.63) is 0 Å². The van der Waals surface area contributed by atoms with E-state index < -0.39 is 0 Å². The normalized spacial score (nSPS) is 14.2. The van der Waals surface area contributed by atoms with E-state index >= 15 is 0 Å². The van der Waals surface area contributed by atoms with Crippen molar-refractivity contribution in [3.63, 3.8) is 0 Å². The lowest BCUT2D eigenvalue weighted by atomic mass is 9.91. The number of unbranched alkanes of at least 4 members (excludes halogenated alkanes) is 5. The molecule has 3 atom stereocenters. The highest BCUT2D eigenvalue weighted by Gasteiger charge is 2.24. The van der Waals surface area contributed by atoms with Gasteiger partial charge in [0.15, 0.2) is 5.78 Å². The lowest BCUT2D eigenvalue weighted by Gasteiger charge is -2.26. The predicted molar refractivity (Wildman–Crippen MR) is 122 cm³/mol. The van der Waals surface area contributed by atoms with Crippen LogP contribution in [-0.4, -0.2) is 37.1 Å². The number of Topliss-reactive ketones (excluding diaryl/α,β-unsaturated/α-hetero) is 1. The molecular weight excluding hydrogens is 364 g/mol. The Morgan fingerprint density at radius 3 is 2.14 bits per heavy atom. The molecule has 1 amide bonds. The van der Waals surface area contributed by atoms with Gasteiger partial charge in [0, 0.05) is 18.5 Å². The van der Waals surface area contributed by atoms with Crippen LogP contribution >= 0.6 is 0 Å². The number of carbonyl (C=O) groups excluding carboxylic acids is 2. The molecule has 172 valence electrons. The quantitative estimate of drug-likeness (QED) is 0.255. The zero-order valence-corrected chi connectivity index (χ0v) is 19.9. The molecule has 0 saturated carbocycles. The zero-order valence-electron chi connectivity index (χ0n) is 19.9. The lowest BCUT2D eigenvalue weighted by Crippen LogP contribution is -2.45. The van der Waals surface area contributed by atoms with Crippen molar-refractivity contribution < 1.29 is 14.3 Å². The molecule has 2 N–H and O–H groups in total. The molecule has 0 aromatic heterocycles. The first-order valence-corrected chi connectivity index (χ1v) is 12.2. The van der Waals surface area contributed by atoms with Crippen molar-refractivity contribution >= 4 is 11.9 Å². The first kappa shape index (κ1) is 27.9. The van der Waals surface area contributed by atoms with Crippen LogP contribution in [-0.2, 0) is 9.53 Å². The molecule has 3 unspecified atom stereocenters. The van der Waals surface area contributed by atoms with Crippen LogP contribution in [0, 0.1) is 5.92 Å². The molecule has 0 radical (unpaired) electrons. The van der Waals surface area contributed by atoms with E-state index in [4.69, 9.17) is 4.74 Å². The number of ether oxygens (including phenoxy) is 1. The van der Waals surface area contributed by atoms with E-state index in [1.165, 1.54) is 32.1 Å². The van der Waals surface area contributed by atoms with Crippen molar-refractivity contribution in [3.8, 4) is 0 Å². The van der Waals surface area contributed by atoms with Crippen LogP contribution in [0.25, 0.3) is 0 Å². The second kappa shape index (κ2) is 18.9. The smallest absolute Gasteiger partial charge is 0.407 e. The van der Waals surface area contributed by atoms with Gasteiger partial charge in [-0.05, 0) is 45.4 Å². The van der Waals surface area contributed by atoms with Crippen LogP contribution in [0.15, 0.2) is 0 Å². The first-order valence-electron chi connectivity index (χ1n) is 12.2. The van der Waals surface area contributed by atoms with Crippen LogP contribution in [0.3, 0.4) is 0 Å². The monoisotopic (exact) mass is 412 g/mol. The molecule has 0 bridgehead atoms. The number of hydrogen-bond acceptors (Lipinski definition) is 4. The Bertz CT molecular complexity index is 415. The third-order valence-corrected chi connectivity index (χ3v) is 5.60. The van der Waals surface area contributed by atoms with Gasteiger partial charge >= 0.3 is 6.09 Å². The van der Waals surface area contributed by atoms with Crippen LogP contribution in [0.2, 0.25) is 0 Å². The Morgan fingerprint density at radius 1 is 0.828 bits per heavy atom. The molecule has 0 aliphatic carbocycles. The van der Waals surface area contributed by atoms with Gasteiger partial charge < -0.3 is 15.4 Å². The minimum Gasteiger partial charge on any atom is -0.450 e. The maximum Gasteiger partial charge on any atom is 0.407 e. The van der Waals surface area contributed by atoms with Gasteiger partial charge in [-0.1, -0.05) is 66.2 Å². The standard InChI is InChI=1S/C24H48N2O3/c1-6-10-11-12-13-17-21(8-3)26-22(23(27)20(5)16-7-2)18-14-15-19-25-24(28)29-9-4/h20-22,26H,6-19H2,1-5H3,(H,25,28). The van der Waals surface area contributed by atoms with Crippen LogP contribution < -0.4 is 10.6 Å². The number of nitrogens with one attached hydrogen (secondary N) is 2. The SMILES string of the molecule is CCCCCCCC(CC)NC(CCCCNC(=O)OCC)C(=O)C(C)CCC. The van der Waals surface area contributed by atoms with Crippen LogP contribution in [0.1, 0.15) is 112 Å². The summed E-state index contributed by atoms with van der Waals surface area (Å²) in [6, 6.07) is 0.344. The number of hydrogen-bond donors (Lipinski definition) is 2. The minimum atomic E-state index is -0.357. The second-order valence-electron chi connectivity index (χ2n) is 8.26. The molecular formula is C24H48N2O3. The Kier molecular flexibility index (Phi) is 18.2. The van der Waals surface area contributed by atoms with E-state index in [0.29, 0.717) is 25.0 Å². The molecule has 5 heteroatoms. The van der Waals surface area contributed by atoms with Gasteiger partial charge in [0.1, 0.15) is 0 Å². The van der Waals surface area contributed by atoms with Gasteiger partial charge in [0.25, 0.3) is 0 Å². The van der Waals surface area contributed by atoms with Gasteiger partial charge in [-0.25, -0.2) is 4.79 Å². The van der Waals surface area contributed by atoms with Crippen molar-refractivity contribution in [1.82, 2.24) is 10.6 Å². The Morgan fingerprint density at radius 2 is 1.52 bits per heavy atom. The molecule has 0 aliphatic heterocycles. The largest absolute Gasteiger partial charge is 0.450 e. The van der Waals surface area contributed by atoms with Gasteiger partial charge in [-0.3, -0.25) is 4.79 Å². The highest BCUT2D eigenvalue weighted by Crippen LogP contribution is 2.16.